The molecule has 1 aliphatic carbocycles. The second-order valence-electron chi connectivity index (χ2n) is 11.4. The van der Waals surface area contributed by atoms with Crippen LogP contribution in [0.1, 0.15) is 57.1 Å². The molecule has 9 heteroatoms. The van der Waals surface area contributed by atoms with Crippen LogP contribution in [-0.4, -0.2) is 80.5 Å². The van der Waals surface area contributed by atoms with Gasteiger partial charge in [-0.15, -0.1) is 0 Å². The lowest BCUT2D eigenvalue weighted by molar-refractivity contribution is -0.139. The van der Waals surface area contributed by atoms with Gasteiger partial charge >= 0.3 is 0 Å². The number of carbonyl (C=O) groups is 2. The van der Waals surface area contributed by atoms with Crippen molar-refractivity contribution in [3.8, 4) is 11.5 Å². The lowest BCUT2D eigenvalue weighted by Gasteiger charge is -2.33. The quantitative estimate of drug-likeness (QED) is 0.316. The zero-order valence-corrected chi connectivity index (χ0v) is 23.2. The smallest absolute Gasteiger partial charge is 0.227 e. The van der Waals surface area contributed by atoms with Gasteiger partial charge in [0.1, 0.15) is 11.5 Å². The van der Waals surface area contributed by atoms with Crippen molar-refractivity contribution in [3.05, 3.63) is 23.3 Å². The van der Waals surface area contributed by atoms with E-state index < -0.39 is 0 Å². The van der Waals surface area contributed by atoms with Gasteiger partial charge in [0, 0.05) is 57.8 Å². The number of amides is 2. The Hall–Kier alpha value is -2.36. The fraction of sp³-hybridized carbons (Fsp3) is 0.724. The molecule has 3 atom stereocenters. The maximum atomic E-state index is 13.8. The molecule has 212 valence electrons. The van der Waals surface area contributed by atoms with Crippen LogP contribution in [0.25, 0.3) is 0 Å². The zero-order chi connectivity index (χ0) is 27.1. The molecule has 1 saturated carbocycles. The molecular weight excluding hydrogens is 486 g/mol. The highest BCUT2D eigenvalue weighted by molar-refractivity contribution is 5.83. The van der Waals surface area contributed by atoms with Gasteiger partial charge in [0.2, 0.25) is 11.8 Å². The van der Waals surface area contributed by atoms with E-state index in [1.165, 1.54) is 0 Å². The van der Waals surface area contributed by atoms with Crippen molar-refractivity contribution in [1.29, 1.82) is 0 Å². The number of rotatable bonds is 14. The highest BCUT2D eigenvalue weighted by Crippen LogP contribution is 2.37. The van der Waals surface area contributed by atoms with Crippen molar-refractivity contribution in [1.82, 2.24) is 15.5 Å². The molecular formula is C29H45N3O6. The van der Waals surface area contributed by atoms with Crippen LogP contribution in [0.4, 0.5) is 0 Å². The van der Waals surface area contributed by atoms with Gasteiger partial charge in [-0.1, -0.05) is 13.8 Å². The molecule has 0 bridgehead atoms. The molecule has 3 N–H and O–H groups in total. The number of piperidine rings is 1. The van der Waals surface area contributed by atoms with Crippen LogP contribution >= 0.6 is 0 Å². The van der Waals surface area contributed by atoms with Crippen molar-refractivity contribution in [2.45, 2.75) is 71.0 Å². The molecule has 0 aromatic heterocycles. The first kappa shape index (κ1) is 28.6. The Kier molecular flexibility index (Phi) is 10.3. The second-order valence-corrected chi connectivity index (χ2v) is 11.4. The number of nitrogens with zero attached hydrogens (tertiary/aromatic N) is 1. The Balaban J connectivity index is 1.41. The largest absolute Gasteiger partial charge is 0.493 e. The van der Waals surface area contributed by atoms with Crippen LogP contribution < -0.4 is 20.1 Å². The van der Waals surface area contributed by atoms with Gasteiger partial charge in [-0.25, -0.2) is 0 Å². The molecule has 4 rings (SSSR count). The number of hydrogen-bond acceptors (Lipinski definition) is 7. The number of methoxy groups -OCH3 is 1. The fourth-order valence-corrected chi connectivity index (χ4v) is 5.52. The summed E-state index contributed by atoms with van der Waals surface area (Å²) in [4.78, 5) is 28.7. The van der Waals surface area contributed by atoms with Crippen LogP contribution in [0.2, 0.25) is 0 Å². The predicted octanol–water partition coefficient (Wildman–Crippen LogP) is 2.28. The Morgan fingerprint density at radius 3 is 2.71 bits per heavy atom. The number of benzene rings is 1. The van der Waals surface area contributed by atoms with Crippen molar-refractivity contribution >= 4 is 11.8 Å². The molecule has 2 fully saturated rings. The molecule has 3 aliphatic rings. The predicted molar refractivity (Wildman–Crippen MR) is 144 cm³/mol. The molecule has 2 aliphatic heterocycles. The average Bonchev–Trinajstić information content (AvgIpc) is 3.64. The fourth-order valence-electron chi connectivity index (χ4n) is 5.52. The van der Waals surface area contributed by atoms with Gasteiger partial charge < -0.3 is 34.9 Å². The van der Waals surface area contributed by atoms with E-state index >= 15 is 0 Å². The first-order chi connectivity index (χ1) is 18.4. The number of ether oxygens (including phenoxy) is 3. The summed E-state index contributed by atoms with van der Waals surface area (Å²) in [6, 6.07) is 4.09. The van der Waals surface area contributed by atoms with E-state index in [9.17, 15) is 14.7 Å². The molecule has 2 heterocycles. The van der Waals surface area contributed by atoms with Crippen molar-refractivity contribution in [3.63, 3.8) is 0 Å². The third-order valence-electron chi connectivity index (χ3n) is 7.60. The lowest BCUT2D eigenvalue weighted by Crippen LogP contribution is -2.51. The number of aliphatic hydroxyl groups is 1. The third-order valence-corrected chi connectivity index (χ3v) is 7.60. The maximum absolute atomic E-state index is 13.8. The molecule has 2 amide bonds. The summed E-state index contributed by atoms with van der Waals surface area (Å²) in [6.45, 7) is 7.55. The van der Waals surface area contributed by atoms with Crippen LogP contribution in [0.3, 0.4) is 0 Å². The first-order valence-electron chi connectivity index (χ1n) is 14.2. The first-order valence-corrected chi connectivity index (χ1v) is 14.2. The minimum atomic E-state index is -0.291. The van der Waals surface area contributed by atoms with E-state index in [1.807, 2.05) is 11.0 Å². The molecule has 9 nitrogen and oxygen atoms in total. The summed E-state index contributed by atoms with van der Waals surface area (Å²) in [5.74, 6) is 1.53. The van der Waals surface area contributed by atoms with Crippen molar-refractivity contribution in [2.75, 3.05) is 46.6 Å². The summed E-state index contributed by atoms with van der Waals surface area (Å²) in [5.41, 5.74) is 2.10. The van der Waals surface area contributed by atoms with Gasteiger partial charge in [-0.3, -0.25) is 9.59 Å². The summed E-state index contributed by atoms with van der Waals surface area (Å²) < 4.78 is 17.1. The minimum absolute atomic E-state index is 0.0789. The number of nitrogens with one attached hydrogen (secondary N) is 2. The average molecular weight is 532 g/mol. The Morgan fingerprint density at radius 1 is 1.21 bits per heavy atom. The van der Waals surface area contributed by atoms with Gasteiger partial charge in [0.05, 0.1) is 37.7 Å². The van der Waals surface area contributed by atoms with E-state index in [0.717, 1.165) is 54.7 Å². The van der Waals surface area contributed by atoms with Crippen LogP contribution in [-0.2, 0) is 27.3 Å². The standard InChI is InChI=1S/C29H45N3O6/c1-19(2)11-23(18-33)31-28(34)21-14-22(16-30-15-21)29(35)32(24-5-6-24)17-20-12-26(37-9-4-8-36-3)25-7-10-38-27(25)13-20/h12-13,19,21-24,30,33H,4-11,14-18H2,1-3H3,(H,31,34)/t21-,22+,23?/m0/s1. The van der Waals surface area contributed by atoms with Gasteiger partial charge in [-0.05, 0) is 49.3 Å². The summed E-state index contributed by atoms with van der Waals surface area (Å²) in [5, 5.41) is 16.0. The van der Waals surface area contributed by atoms with Crippen molar-refractivity contribution in [2.24, 2.45) is 17.8 Å². The topological polar surface area (TPSA) is 109 Å². The number of aliphatic hydroxyl groups excluding tert-OH is 1. The molecule has 0 radical (unpaired) electrons. The van der Waals surface area contributed by atoms with E-state index in [0.29, 0.717) is 51.8 Å². The van der Waals surface area contributed by atoms with E-state index in [1.54, 1.807) is 7.11 Å². The van der Waals surface area contributed by atoms with Gasteiger partial charge in [-0.2, -0.15) is 0 Å². The Bertz CT molecular complexity index is 950. The molecule has 1 saturated heterocycles. The number of hydrogen-bond donors (Lipinski definition) is 3. The Morgan fingerprint density at radius 2 is 2.00 bits per heavy atom. The summed E-state index contributed by atoms with van der Waals surface area (Å²) in [6.07, 6.45) is 4.88. The normalized spacial score (nSPS) is 21.5. The van der Waals surface area contributed by atoms with E-state index in [-0.39, 0.29) is 42.3 Å². The van der Waals surface area contributed by atoms with Crippen LogP contribution in [0.5, 0.6) is 11.5 Å². The number of carbonyl (C=O) groups excluding carboxylic acids is 2. The minimum Gasteiger partial charge on any atom is -0.493 e. The molecule has 1 unspecified atom stereocenters. The van der Waals surface area contributed by atoms with E-state index in [2.05, 4.69) is 30.5 Å². The SMILES string of the molecule is COCCCOc1cc(CN(C(=O)[C@H]2CNC[C@@H](C(=O)NC(CO)CC(C)C)C2)C2CC2)cc2c1CCO2. The van der Waals surface area contributed by atoms with Crippen molar-refractivity contribution < 1.29 is 28.9 Å². The third kappa shape index (κ3) is 7.61. The summed E-state index contributed by atoms with van der Waals surface area (Å²) in [7, 11) is 1.69. The highest BCUT2D eigenvalue weighted by Gasteiger charge is 2.39. The molecule has 1 aromatic rings. The monoisotopic (exact) mass is 531 g/mol. The van der Waals surface area contributed by atoms with Gasteiger partial charge in [0.15, 0.2) is 0 Å². The maximum Gasteiger partial charge on any atom is 0.227 e. The van der Waals surface area contributed by atoms with E-state index in [4.69, 9.17) is 14.2 Å². The molecule has 1 aromatic carbocycles. The highest BCUT2D eigenvalue weighted by atomic mass is 16.5. The Labute approximate surface area is 226 Å². The zero-order valence-electron chi connectivity index (χ0n) is 23.2. The molecule has 38 heavy (non-hydrogen) atoms. The number of fused-ring (bicyclic) bond motifs is 1. The molecule has 0 spiro atoms. The lowest BCUT2D eigenvalue weighted by atomic mass is 9.88. The second kappa shape index (κ2) is 13.6. The van der Waals surface area contributed by atoms with Crippen LogP contribution in [0.15, 0.2) is 12.1 Å². The van der Waals surface area contributed by atoms with Crippen LogP contribution in [0, 0.1) is 17.8 Å². The summed E-state index contributed by atoms with van der Waals surface area (Å²) >= 11 is 0. The van der Waals surface area contributed by atoms with Gasteiger partial charge in [0.25, 0.3) is 0 Å².